The highest BCUT2D eigenvalue weighted by atomic mass is 35.5. The van der Waals surface area contributed by atoms with Gasteiger partial charge in [0.05, 0.1) is 10.4 Å². The second kappa shape index (κ2) is 5.46. The van der Waals surface area contributed by atoms with Gasteiger partial charge < -0.3 is 0 Å². The van der Waals surface area contributed by atoms with E-state index < -0.39 is 0 Å². The van der Waals surface area contributed by atoms with Crippen molar-refractivity contribution in [2.24, 2.45) is 0 Å². The molecule has 4 heteroatoms. The Balaban J connectivity index is 2.41. The third kappa shape index (κ3) is 2.40. The van der Waals surface area contributed by atoms with Gasteiger partial charge in [-0.05, 0) is 29.3 Å². The Hall–Kier alpha value is -0.150. The molecule has 16 heavy (non-hydrogen) atoms. The average molecular weight is 289 g/mol. The Labute approximate surface area is 114 Å². The lowest BCUT2D eigenvalue weighted by molar-refractivity contribution is 1.12. The third-order valence-electron chi connectivity index (χ3n) is 2.29. The van der Waals surface area contributed by atoms with Gasteiger partial charge in [0.15, 0.2) is 0 Å². The zero-order valence-electron chi connectivity index (χ0n) is 8.61. The van der Waals surface area contributed by atoms with E-state index in [1.807, 2.05) is 23.6 Å². The Morgan fingerprint density at radius 1 is 1.25 bits per heavy atom. The number of hydrogen-bond donors (Lipinski definition) is 0. The quantitative estimate of drug-likeness (QED) is 0.534. The predicted molar refractivity (Wildman–Crippen MR) is 75.2 cm³/mol. The number of hydrogen-bond acceptors (Lipinski definition) is 2. The van der Waals surface area contributed by atoms with E-state index in [2.05, 4.69) is 18.4 Å². The first-order valence-corrected chi connectivity index (χ1v) is 7.65. The fourth-order valence-corrected chi connectivity index (χ4v) is 3.88. The Bertz CT molecular complexity index is 479. The number of alkyl halides is 1. The zero-order valence-corrected chi connectivity index (χ0v) is 11.8. The van der Waals surface area contributed by atoms with E-state index in [9.17, 15) is 0 Å². The number of thioether (sulfide) groups is 1. The van der Waals surface area contributed by atoms with Crippen molar-refractivity contribution in [2.75, 3.05) is 6.26 Å². The van der Waals surface area contributed by atoms with Crippen molar-refractivity contribution >= 4 is 46.3 Å². The minimum Gasteiger partial charge on any atom is -0.145 e. The summed E-state index contributed by atoms with van der Waals surface area (Å²) in [5.41, 5.74) is 1.13. The first-order valence-electron chi connectivity index (χ1n) is 4.74. The summed E-state index contributed by atoms with van der Waals surface area (Å²) in [5, 5.41) is 2.56. The van der Waals surface area contributed by atoms with Crippen molar-refractivity contribution in [1.29, 1.82) is 0 Å². The number of thiophene rings is 1. The SMILES string of the molecule is CSc1ccccc1C(Cl)c1sccc1Cl. The fourth-order valence-electron chi connectivity index (χ4n) is 1.50. The summed E-state index contributed by atoms with van der Waals surface area (Å²) in [6.07, 6.45) is 2.05. The summed E-state index contributed by atoms with van der Waals surface area (Å²) in [7, 11) is 0. The van der Waals surface area contributed by atoms with Crippen LogP contribution < -0.4 is 0 Å². The molecule has 1 heterocycles. The van der Waals surface area contributed by atoms with Gasteiger partial charge in [0.25, 0.3) is 0 Å². The molecule has 2 aromatic rings. The van der Waals surface area contributed by atoms with Gasteiger partial charge in [0.1, 0.15) is 0 Å². The molecule has 1 aromatic heterocycles. The summed E-state index contributed by atoms with van der Waals surface area (Å²) in [6.45, 7) is 0. The van der Waals surface area contributed by atoms with Crippen LogP contribution in [0.2, 0.25) is 5.02 Å². The van der Waals surface area contributed by atoms with E-state index in [1.54, 1.807) is 23.1 Å². The molecular weight excluding hydrogens is 279 g/mol. The zero-order chi connectivity index (χ0) is 11.5. The minimum atomic E-state index is -0.156. The van der Waals surface area contributed by atoms with Gasteiger partial charge in [-0.25, -0.2) is 0 Å². The monoisotopic (exact) mass is 288 g/mol. The summed E-state index contributed by atoms with van der Waals surface area (Å²) >= 11 is 15.9. The van der Waals surface area contributed by atoms with Crippen molar-refractivity contribution in [3.05, 3.63) is 51.2 Å². The fraction of sp³-hybridized carbons (Fsp3) is 0.167. The average Bonchev–Trinajstić information content (AvgIpc) is 2.74. The first kappa shape index (κ1) is 12.3. The van der Waals surface area contributed by atoms with E-state index >= 15 is 0 Å². The standard InChI is InChI=1S/C12H10Cl2S2/c1-15-10-5-3-2-4-8(10)11(14)12-9(13)6-7-16-12/h2-7,11H,1H3. The molecule has 0 bridgehead atoms. The van der Waals surface area contributed by atoms with Crippen LogP contribution in [0.4, 0.5) is 0 Å². The molecule has 1 atom stereocenters. The molecule has 84 valence electrons. The van der Waals surface area contributed by atoms with Crippen LogP contribution in [0.3, 0.4) is 0 Å². The number of halogens is 2. The van der Waals surface area contributed by atoms with Crippen molar-refractivity contribution in [3.63, 3.8) is 0 Å². The van der Waals surface area contributed by atoms with Crippen LogP contribution >= 0.6 is 46.3 Å². The molecule has 0 N–H and O–H groups in total. The Kier molecular flexibility index (Phi) is 4.20. The molecule has 0 aliphatic rings. The topological polar surface area (TPSA) is 0 Å². The van der Waals surface area contributed by atoms with Crippen LogP contribution in [0, 0.1) is 0 Å². The largest absolute Gasteiger partial charge is 0.145 e. The Morgan fingerprint density at radius 2 is 2.00 bits per heavy atom. The molecule has 0 aliphatic heterocycles. The van der Waals surface area contributed by atoms with E-state index in [1.165, 1.54) is 4.90 Å². The normalized spacial score (nSPS) is 12.7. The summed E-state index contributed by atoms with van der Waals surface area (Å²) in [6, 6.07) is 10.1. The maximum absolute atomic E-state index is 6.47. The van der Waals surface area contributed by atoms with E-state index in [4.69, 9.17) is 23.2 Å². The highest BCUT2D eigenvalue weighted by molar-refractivity contribution is 7.98. The van der Waals surface area contributed by atoms with Gasteiger partial charge in [-0.1, -0.05) is 29.8 Å². The highest BCUT2D eigenvalue weighted by Gasteiger charge is 2.17. The summed E-state index contributed by atoms with van der Waals surface area (Å²) < 4.78 is 0. The second-order valence-corrected chi connectivity index (χ2v) is 5.88. The van der Waals surface area contributed by atoms with Gasteiger partial charge in [-0.15, -0.1) is 34.7 Å². The molecule has 1 aromatic carbocycles. The van der Waals surface area contributed by atoms with Crippen LogP contribution in [-0.4, -0.2) is 6.26 Å². The molecule has 1 unspecified atom stereocenters. The number of benzene rings is 1. The van der Waals surface area contributed by atoms with Crippen molar-refractivity contribution in [2.45, 2.75) is 10.3 Å². The van der Waals surface area contributed by atoms with Crippen LogP contribution in [-0.2, 0) is 0 Å². The Morgan fingerprint density at radius 3 is 2.62 bits per heavy atom. The lowest BCUT2D eigenvalue weighted by Gasteiger charge is -2.12. The third-order valence-corrected chi connectivity index (χ3v) is 5.10. The molecule has 0 nitrogen and oxygen atoms in total. The second-order valence-electron chi connectivity index (χ2n) is 3.24. The van der Waals surface area contributed by atoms with Gasteiger partial charge in [-0.2, -0.15) is 0 Å². The van der Waals surface area contributed by atoms with Crippen LogP contribution in [0.25, 0.3) is 0 Å². The van der Waals surface area contributed by atoms with E-state index in [-0.39, 0.29) is 5.38 Å². The van der Waals surface area contributed by atoms with Gasteiger partial charge in [0, 0.05) is 9.77 Å². The number of rotatable bonds is 3. The van der Waals surface area contributed by atoms with Gasteiger partial charge >= 0.3 is 0 Å². The molecule has 0 amide bonds. The minimum absolute atomic E-state index is 0.156. The van der Waals surface area contributed by atoms with Gasteiger partial charge in [0.2, 0.25) is 0 Å². The maximum Gasteiger partial charge on any atom is 0.0953 e. The maximum atomic E-state index is 6.47. The van der Waals surface area contributed by atoms with E-state index in [0.717, 1.165) is 15.5 Å². The summed E-state index contributed by atoms with van der Waals surface area (Å²) in [5.74, 6) is 0. The first-order chi connectivity index (χ1) is 7.74. The predicted octanol–water partition coefficient (Wildman–Crippen LogP) is 5.45. The smallest absolute Gasteiger partial charge is 0.0953 e. The molecule has 0 saturated carbocycles. The molecule has 0 aliphatic carbocycles. The van der Waals surface area contributed by atoms with Crippen molar-refractivity contribution in [3.8, 4) is 0 Å². The van der Waals surface area contributed by atoms with Crippen LogP contribution in [0.15, 0.2) is 40.6 Å². The molecule has 2 rings (SSSR count). The molecule has 0 radical (unpaired) electrons. The summed E-state index contributed by atoms with van der Waals surface area (Å²) in [4.78, 5) is 2.22. The lowest BCUT2D eigenvalue weighted by Crippen LogP contribution is -1.93. The molecule has 0 saturated heterocycles. The van der Waals surface area contributed by atoms with Crippen LogP contribution in [0.5, 0.6) is 0 Å². The lowest BCUT2D eigenvalue weighted by atomic mass is 10.1. The molecule has 0 fully saturated rings. The van der Waals surface area contributed by atoms with Gasteiger partial charge in [-0.3, -0.25) is 0 Å². The van der Waals surface area contributed by atoms with Crippen molar-refractivity contribution < 1.29 is 0 Å². The molecular formula is C12H10Cl2S2. The van der Waals surface area contributed by atoms with Crippen molar-refractivity contribution in [1.82, 2.24) is 0 Å². The highest BCUT2D eigenvalue weighted by Crippen LogP contribution is 2.40. The van der Waals surface area contributed by atoms with Crippen LogP contribution in [0.1, 0.15) is 15.8 Å². The molecule has 0 spiro atoms. The van der Waals surface area contributed by atoms with E-state index in [0.29, 0.717) is 0 Å².